The molecule has 3 aromatic carbocycles. The summed E-state index contributed by atoms with van der Waals surface area (Å²) in [6.45, 7) is 1.07. The van der Waals surface area contributed by atoms with Crippen molar-refractivity contribution in [1.82, 2.24) is 0 Å². The number of fused-ring (bicyclic) bond motifs is 1. The Kier molecular flexibility index (Phi) is 6.68. The van der Waals surface area contributed by atoms with Gasteiger partial charge >= 0.3 is 0 Å². The fourth-order valence-corrected chi connectivity index (χ4v) is 5.08. The summed E-state index contributed by atoms with van der Waals surface area (Å²) in [5.74, 6) is 0. The minimum Gasteiger partial charge on any atom is -0.370 e. The predicted octanol–water partition coefficient (Wildman–Crippen LogP) is 5.59. The molecule has 160 valence electrons. The Morgan fingerprint density at radius 3 is 2.19 bits per heavy atom. The lowest BCUT2D eigenvalue weighted by Gasteiger charge is -2.45. The van der Waals surface area contributed by atoms with Crippen LogP contribution in [0, 0.1) is 0 Å². The standard InChI is InChI=1S/C26H26O4S/c1-4-10-19(11-5-1)17-27-23-16-22-24(30-26(23)31-21-14-8-3-9-15-21)18-28-25(29-22)20-12-6-2-7-13-20/h1-15,22-26H,16-18H2/t22-,23-,24+,25+,26+/m0/s1. The van der Waals surface area contributed by atoms with E-state index in [0.717, 1.165) is 17.5 Å². The van der Waals surface area contributed by atoms with Crippen LogP contribution < -0.4 is 0 Å². The highest BCUT2D eigenvalue weighted by Crippen LogP contribution is 2.39. The van der Waals surface area contributed by atoms with E-state index < -0.39 is 0 Å². The molecule has 4 nitrogen and oxygen atoms in total. The van der Waals surface area contributed by atoms with Crippen LogP contribution in [0.2, 0.25) is 0 Å². The summed E-state index contributed by atoms with van der Waals surface area (Å²) < 4.78 is 25.2. The van der Waals surface area contributed by atoms with Crippen LogP contribution in [0.25, 0.3) is 0 Å². The molecule has 0 spiro atoms. The molecule has 2 aliphatic rings. The molecular weight excluding hydrogens is 408 g/mol. The normalized spacial score (nSPS) is 28.1. The third kappa shape index (κ3) is 5.20. The summed E-state index contributed by atoms with van der Waals surface area (Å²) >= 11 is 1.70. The maximum atomic E-state index is 6.47. The number of rotatable bonds is 6. The minimum atomic E-state index is -0.362. The molecule has 0 bridgehead atoms. The van der Waals surface area contributed by atoms with E-state index in [4.69, 9.17) is 18.9 Å². The van der Waals surface area contributed by atoms with E-state index in [2.05, 4.69) is 24.3 Å². The van der Waals surface area contributed by atoms with Gasteiger partial charge in [-0.15, -0.1) is 0 Å². The third-order valence-electron chi connectivity index (χ3n) is 5.58. The van der Waals surface area contributed by atoms with E-state index >= 15 is 0 Å². The summed E-state index contributed by atoms with van der Waals surface area (Å²) in [6.07, 6.45) is 0.166. The van der Waals surface area contributed by atoms with E-state index in [1.54, 1.807) is 11.8 Å². The van der Waals surface area contributed by atoms with Crippen molar-refractivity contribution in [2.24, 2.45) is 0 Å². The first-order chi connectivity index (χ1) is 15.3. The van der Waals surface area contributed by atoms with Crippen molar-refractivity contribution in [3.63, 3.8) is 0 Å². The molecule has 0 amide bonds. The smallest absolute Gasteiger partial charge is 0.184 e. The van der Waals surface area contributed by atoms with Gasteiger partial charge in [0.1, 0.15) is 11.5 Å². The van der Waals surface area contributed by atoms with Crippen LogP contribution in [-0.4, -0.2) is 30.4 Å². The van der Waals surface area contributed by atoms with Crippen LogP contribution in [0.1, 0.15) is 23.8 Å². The third-order valence-corrected chi connectivity index (χ3v) is 6.77. The Morgan fingerprint density at radius 2 is 1.45 bits per heavy atom. The topological polar surface area (TPSA) is 36.9 Å². The van der Waals surface area contributed by atoms with Gasteiger partial charge in [0.2, 0.25) is 0 Å². The Bertz CT molecular complexity index is 937. The molecule has 31 heavy (non-hydrogen) atoms. The summed E-state index contributed by atoms with van der Waals surface area (Å²) in [4.78, 5) is 1.17. The summed E-state index contributed by atoms with van der Waals surface area (Å²) in [5.41, 5.74) is 2.07. The van der Waals surface area contributed by atoms with E-state index in [0.29, 0.717) is 13.2 Å². The van der Waals surface area contributed by atoms with Crippen LogP contribution in [0.3, 0.4) is 0 Å². The fourth-order valence-electron chi connectivity index (χ4n) is 3.96. The van der Waals surface area contributed by atoms with Crippen LogP contribution in [0.15, 0.2) is 95.9 Å². The Balaban J connectivity index is 1.30. The second-order valence-electron chi connectivity index (χ2n) is 7.80. The highest BCUT2D eigenvalue weighted by Gasteiger charge is 2.44. The zero-order valence-corrected chi connectivity index (χ0v) is 18.0. The van der Waals surface area contributed by atoms with E-state index in [1.807, 2.05) is 66.7 Å². The van der Waals surface area contributed by atoms with Crippen molar-refractivity contribution in [1.29, 1.82) is 0 Å². The molecule has 0 saturated carbocycles. The maximum absolute atomic E-state index is 6.47. The van der Waals surface area contributed by atoms with E-state index in [1.165, 1.54) is 4.90 Å². The van der Waals surface area contributed by atoms with Gasteiger partial charge in [0.25, 0.3) is 0 Å². The lowest BCUT2D eigenvalue weighted by Crippen LogP contribution is -2.52. The largest absolute Gasteiger partial charge is 0.370 e. The van der Waals surface area contributed by atoms with Gasteiger partial charge < -0.3 is 18.9 Å². The Morgan fingerprint density at radius 1 is 0.774 bits per heavy atom. The quantitative estimate of drug-likeness (QED) is 0.505. The summed E-state index contributed by atoms with van der Waals surface area (Å²) in [6, 6.07) is 30.7. The van der Waals surface area contributed by atoms with Gasteiger partial charge in [-0.3, -0.25) is 0 Å². The molecule has 5 atom stereocenters. The fraction of sp³-hybridized carbons (Fsp3) is 0.308. The first kappa shape index (κ1) is 20.7. The Labute approximate surface area is 187 Å². The molecule has 2 heterocycles. The zero-order valence-electron chi connectivity index (χ0n) is 17.2. The van der Waals surface area contributed by atoms with Crippen molar-refractivity contribution in [2.75, 3.05) is 6.61 Å². The average molecular weight is 435 g/mol. The monoisotopic (exact) mass is 434 g/mol. The molecule has 5 heteroatoms. The van der Waals surface area contributed by atoms with Crippen LogP contribution in [-0.2, 0) is 25.6 Å². The van der Waals surface area contributed by atoms with Gasteiger partial charge in [0, 0.05) is 16.9 Å². The minimum absolute atomic E-state index is 0.0626. The maximum Gasteiger partial charge on any atom is 0.184 e. The average Bonchev–Trinajstić information content (AvgIpc) is 2.84. The number of hydrogen-bond donors (Lipinski definition) is 0. The summed E-state index contributed by atoms with van der Waals surface area (Å²) in [7, 11) is 0. The molecule has 5 rings (SSSR count). The number of ether oxygens (including phenoxy) is 4. The van der Waals surface area contributed by atoms with Gasteiger partial charge in [-0.2, -0.15) is 0 Å². The van der Waals surface area contributed by atoms with E-state index in [9.17, 15) is 0 Å². The first-order valence-electron chi connectivity index (χ1n) is 10.7. The molecule has 0 radical (unpaired) electrons. The highest BCUT2D eigenvalue weighted by molar-refractivity contribution is 7.99. The molecule has 0 N–H and O–H groups in total. The van der Waals surface area contributed by atoms with Crippen LogP contribution in [0.5, 0.6) is 0 Å². The molecule has 0 unspecified atom stereocenters. The van der Waals surface area contributed by atoms with Gasteiger partial charge in [-0.05, 0) is 17.7 Å². The molecule has 0 aromatic heterocycles. The van der Waals surface area contributed by atoms with Gasteiger partial charge in [0.05, 0.1) is 25.4 Å². The first-order valence-corrected chi connectivity index (χ1v) is 11.6. The van der Waals surface area contributed by atoms with Gasteiger partial charge in [0.15, 0.2) is 6.29 Å². The number of hydrogen-bond acceptors (Lipinski definition) is 5. The van der Waals surface area contributed by atoms with E-state index in [-0.39, 0.29) is 30.0 Å². The SMILES string of the molecule is c1ccc(CO[C@H]2C[C@@H]3O[C@H](c4ccccc4)OC[C@H]3O[C@@H]2Sc2ccccc2)cc1. The Hall–Kier alpha value is -2.15. The number of thioether (sulfide) groups is 1. The molecule has 2 fully saturated rings. The molecule has 2 aliphatic heterocycles. The van der Waals surface area contributed by atoms with Crippen LogP contribution in [0.4, 0.5) is 0 Å². The second-order valence-corrected chi connectivity index (χ2v) is 8.97. The molecule has 3 aromatic rings. The second kappa shape index (κ2) is 9.98. The highest BCUT2D eigenvalue weighted by atomic mass is 32.2. The number of benzene rings is 3. The van der Waals surface area contributed by atoms with Gasteiger partial charge in [-0.1, -0.05) is 90.6 Å². The van der Waals surface area contributed by atoms with Crippen molar-refractivity contribution in [3.05, 3.63) is 102 Å². The molecular formula is C26H26O4S. The lowest BCUT2D eigenvalue weighted by atomic mass is 10.0. The summed E-state index contributed by atoms with van der Waals surface area (Å²) in [5, 5.41) is 0. The van der Waals surface area contributed by atoms with Crippen LogP contribution >= 0.6 is 11.8 Å². The zero-order chi connectivity index (χ0) is 20.9. The van der Waals surface area contributed by atoms with Crippen molar-refractivity contribution in [2.45, 2.75) is 48.0 Å². The molecule has 2 saturated heterocycles. The van der Waals surface area contributed by atoms with Crippen molar-refractivity contribution >= 4 is 11.8 Å². The predicted molar refractivity (Wildman–Crippen MR) is 121 cm³/mol. The van der Waals surface area contributed by atoms with Crippen molar-refractivity contribution in [3.8, 4) is 0 Å². The van der Waals surface area contributed by atoms with Crippen molar-refractivity contribution < 1.29 is 18.9 Å². The molecule has 0 aliphatic carbocycles. The lowest BCUT2D eigenvalue weighted by molar-refractivity contribution is -0.295. The van der Waals surface area contributed by atoms with Gasteiger partial charge in [-0.25, -0.2) is 0 Å².